The zero-order chi connectivity index (χ0) is 12.1. The maximum Gasteiger partial charge on any atom is 0.123 e. The molecule has 1 aliphatic rings. The Hall–Kier alpha value is -0.330. The topological polar surface area (TPSA) is 38.5 Å². The van der Waals surface area contributed by atoms with Crippen molar-refractivity contribution in [1.29, 1.82) is 0 Å². The third kappa shape index (κ3) is 3.82. The standard InChI is InChI=1S/C13H19IN2O/c14-12-3-4-13(11(9-12)10-15)17-8-7-16-5-1-2-6-16/h3-4,9H,1-2,5-8,10,15H2. The van der Waals surface area contributed by atoms with Crippen molar-refractivity contribution < 1.29 is 4.74 Å². The van der Waals surface area contributed by atoms with E-state index in [0.717, 1.165) is 24.5 Å². The van der Waals surface area contributed by atoms with Crippen molar-refractivity contribution in [3.05, 3.63) is 27.3 Å². The Bertz CT molecular complexity index is 364. The number of hydrogen-bond donors (Lipinski definition) is 1. The van der Waals surface area contributed by atoms with Gasteiger partial charge in [0.15, 0.2) is 0 Å². The minimum absolute atomic E-state index is 0.538. The average Bonchev–Trinajstić information content (AvgIpc) is 2.84. The number of halogens is 1. The molecule has 1 aromatic rings. The number of nitrogens with two attached hydrogens (primary N) is 1. The zero-order valence-electron chi connectivity index (χ0n) is 9.99. The van der Waals surface area contributed by atoms with E-state index in [1.165, 1.54) is 29.5 Å². The lowest BCUT2D eigenvalue weighted by atomic mass is 10.2. The number of nitrogens with zero attached hydrogens (tertiary/aromatic N) is 1. The molecule has 0 bridgehead atoms. The van der Waals surface area contributed by atoms with Crippen molar-refractivity contribution in [2.45, 2.75) is 19.4 Å². The van der Waals surface area contributed by atoms with E-state index in [1.54, 1.807) is 0 Å². The first kappa shape index (κ1) is 13.1. The van der Waals surface area contributed by atoms with Crippen LogP contribution in [0.5, 0.6) is 5.75 Å². The van der Waals surface area contributed by atoms with Crippen LogP contribution < -0.4 is 10.5 Å². The van der Waals surface area contributed by atoms with Crippen LogP contribution in [0, 0.1) is 3.57 Å². The molecule has 1 fully saturated rings. The second-order valence-electron chi connectivity index (χ2n) is 4.35. The highest BCUT2D eigenvalue weighted by molar-refractivity contribution is 14.1. The van der Waals surface area contributed by atoms with Crippen molar-refractivity contribution >= 4 is 22.6 Å². The van der Waals surface area contributed by atoms with Crippen LogP contribution in [-0.4, -0.2) is 31.1 Å². The van der Waals surface area contributed by atoms with Crippen LogP contribution in [0.15, 0.2) is 18.2 Å². The van der Waals surface area contributed by atoms with Crippen molar-refractivity contribution in [2.75, 3.05) is 26.2 Å². The fourth-order valence-electron chi connectivity index (χ4n) is 2.14. The van der Waals surface area contributed by atoms with E-state index in [9.17, 15) is 0 Å². The van der Waals surface area contributed by atoms with Crippen LogP contribution in [0.1, 0.15) is 18.4 Å². The molecule has 2 N–H and O–H groups in total. The van der Waals surface area contributed by atoms with Gasteiger partial charge in [-0.05, 0) is 66.7 Å². The lowest BCUT2D eigenvalue weighted by Gasteiger charge is -2.16. The molecule has 1 saturated heterocycles. The van der Waals surface area contributed by atoms with Crippen LogP contribution in [0.3, 0.4) is 0 Å². The SMILES string of the molecule is NCc1cc(I)ccc1OCCN1CCCC1. The Kier molecular flexibility index (Phi) is 5.06. The number of benzene rings is 1. The molecule has 2 rings (SSSR count). The lowest BCUT2D eigenvalue weighted by Crippen LogP contribution is -2.25. The molecule has 1 aromatic carbocycles. The van der Waals surface area contributed by atoms with E-state index in [-0.39, 0.29) is 0 Å². The smallest absolute Gasteiger partial charge is 0.123 e. The third-order valence-corrected chi connectivity index (χ3v) is 3.78. The molecule has 0 aliphatic carbocycles. The summed E-state index contributed by atoms with van der Waals surface area (Å²) in [5.41, 5.74) is 6.82. The van der Waals surface area contributed by atoms with Gasteiger partial charge >= 0.3 is 0 Å². The summed E-state index contributed by atoms with van der Waals surface area (Å²) in [7, 11) is 0. The Balaban J connectivity index is 1.85. The molecule has 0 unspecified atom stereocenters. The molecule has 0 spiro atoms. The van der Waals surface area contributed by atoms with Gasteiger partial charge in [0.2, 0.25) is 0 Å². The molecule has 3 nitrogen and oxygen atoms in total. The lowest BCUT2D eigenvalue weighted by molar-refractivity contribution is 0.236. The van der Waals surface area contributed by atoms with Crippen LogP contribution in [-0.2, 0) is 6.54 Å². The molecule has 0 aromatic heterocycles. The van der Waals surface area contributed by atoms with Gasteiger partial charge in [-0.2, -0.15) is 0 Å². The monoisotopic (exact) mass is 346 g/mol. The van der Waals surface area contributed by atoms with E-state index >= 15 is 0 Å². The number of likely N-dealkylation sites (tertiary alicyclic amines) is 1. The first-order valence-corrected chi connectivity index (χ1v) is 7.21. The fourth-order valence-corrected chi connectivity index (χ4v) is 2.69. The first-order valence-electron chi connectivity index (χ1n) is 6.13. The summed E-state index contributed by atoms with van der Waals surface area (Å²) in [6.07, 6.45) is 2.66. The second kappa shape index (κ2) is 6.56. The fraction of sp³-hybridized carbons (Fsp3) is 0.538. The Labute approximate surface area is 116 Å². The summed E-state index contributed by atoms with van der Waals surface area (Å²) >= 11 is 2.29. The molecule has 94 valence electrons. The Morgan fingerprint density at radius 2 is 2.06 bits per heavy atom. The van der Waals surface area contributed by atoms with Crippen molar-refractivity contribution in [1.82, 2.24) is 4.90 Å². The van der Waals surface area contributed by atoms with Gasteiger partial charge < -0.3 is 10.5 Å². The quantitative estimate of drug-likeness (QED) is 0.831. The van der Waals surface area contributed by atoms with E-state index in [1.807, 2.05) is 6.07 Å². The molecule has 0 saturated carbocycles. The van der Waals surface area contributed by atoms with Gasteiger partial charge in [0.05, 0.1) is 0 Å². The predicted octanol–water partition coefficient (Wildman–Crippen LogP) is 2.22. The molecule has 0 atom stereocenters. The minimum atomic E-state index is 0.538. The molecule has 4 heteroatoms. The van der Waals surface area contributed by atoms with Gasteiger partial charge in [-0.15, -0.1) is 0 Å². The Morgan fingerprint density at radius 1 is 1.29 bits per heavy atom. The summed E-state index contributed by atoms with van der Waals surface area (Å²) in [4.78, 5) is 2.45. The largest absolute Gasteiger partial charge is 0.492 e. The third-order valence-electron chi connectivity index (χ3n) is 3.11. The van der Waals surface area contributed by atoms with Gasteiger partial charge in [0.25, 0.3) is 0 Å². The number of ether oxygens (including phenoxy) is 1. The molecule has 1 heterocycles. The van der Waals surface area contributed by atoms with Crippen molar-refractivity contribution in [3.8, 4) is 5.75 Å². The maximum absolute atomic E-state index is 5.82. The summed E-state index contributed by atoms with van der Waals surface area (Å²) in [6.45, 7) is 4.76. The number of rotatable bonds is 5. The molecule has 17 heavy (non-hydrogen) atoms. The van der Waals surface area contributed by atoms with E-state index < -0.39 is 0 Å². The summed E-state index contributed by atoms with van der Waals surface area (Å²) in [5.74, 6) is 0.937. The highest BCUT2D eigenvalue weighted by Crippen LogP contribution is 2.20. The molecular formula is C13H19IN2O. The highest BCUT2D eigenvalue weighted by Gasteiger charge is 2.11. The van der Waals surface area contributed by atoms with Crippen LogP contribution >= 0.6 is 22.6 Å². The summed E-state index contributed by atoms with van der Waals surface area (Å²) < 4.78 is 7.02. The zero-order valence-corrected chi connectivity index (χ0v) is 12.2. The first-order chi connectivity index (χ1) is 8.29. The van der Waals surface area contributed by atoms with Crippen LogP contribution in [0.4, 0.5) is 0 Å². The van der Waals surface area contributed by atoms with Gasteiger partial charge in [-0.1, -0.05) is 0 Å². The molecule has 0 radical (unpaired) electrons. The maximum atomic E-state index is 5.82. The van der Waals surface area contributed by atoms with Gasteiger partial charge in [0, 0.05) is 22.2 Å². The molecular weight excluding hydrogens is 327 g/mol. The van der Waals surface area contributed by atoms with Crippen molar-refractivity contribution in [2.24, 2.45) is 5.73 Å². The Morgan fingerprint density at radius 3 is 2.76 bits per heavy atom. The molecule has 0 amide bonds. The molecule has 1 aliphatic heterocycles. The van der Waals surface area contributed by atoms with E-state index in [2.05, 4.69) is 39.6 Å². The highest BCUT2D eigenvalue weighted by atomic mass is 127. The van der Waals surface area contributed by atoms with Crippen molar-refractivity contribution in [3.63, 3.8) is 0 Å². The minimum Gasteiger partial charge on any atom is -0.492 e. The van der Waals surface area contributed by atoms with Gasteiger partial charge in [-0.25, -0.2) is 0 Å². The van der Waals surface area contributed by atoms with E-state index in [4.69, 9.17) is 10.5 Å². The second-order valence-corrected chi connectivity index (χ2v) is 5.60. The van der Waals surface area contributed by atoms with Gasteiger partial charge in [0.1, 0.15) is 12.4 Å². The predicted molar refractivity (Wildman–Crippen MR) is 78.2 cm³/mol. The van der Waals surface area contributed by atoms with Crippen LogP contribution in [0.2, 0.25) is 0 Å². The normalized spacial score (nSPS) is 16.4. The average molecular weight is 346 g/mol. The number of hydrogen-bond acceptors (Lipinski definition) is 3. The van der Waals surface area contributed by atoms with E-state index in [0.29, 0.717) is 6.54 Å². The summed E-state index contributed by atoms with van der Waals surface area (Å²) in [6, 6.07) is 6.17. The summed E-state index contributed by atoms with van der Waals surface area (Å²) in [5, 5.41) is 0. The van der Waals surface area contributed by atoms with Crippen LogP contribution in [0.25, 0.3) is 0 Å². The van der Waals surface area contributed by atoms with Gasteiger partial charge in [-0.3, -0.25) is 4.90 Å².